The van der Waals surface area contributed by atoms with Crippen molar-refractivity contribution in [2.45, 2.75) is 33.3 Å². The Morgan fingerprint density at radius 3 is 2.47 bits per heavy atom. The molecule has 0 bridgehead atoms. The molecule has 3 amide bonds. The third-order valence-corrected chi connectivity index (χ3v) is 4.65. The average Bonchev–Trinajstić information content (AvgIpc) is 2.84. The van der Waals surface area contributed by atoms with Gasteiger partial charge in [-0.2, -0.15) is 5.10 Å². The number of hydrogen-bond acceptors (Lipinski definition) is 7. The highest BCUT2D eigenvalue weighted by Gasteiger charge is 2.12. The molecule has 0 spiro atoms. The Bertz CT molecular complexity index is 1040. The van der Waals surface area contributed by atoms with Crippen LogP contribution in [-0.2, 0) is 19.1 Å². The lowest BCUT2D eigenvalue weighted by Crippen LogP contribution is -2.38. The summed E-state index contributed by atoms with van der Waals surface area (Å²) in [4.78, 5) is 35.9. The van der Waals surface area contributed by atoms with Crippen molar-refractivity contribution in [3.05, 3.63) is 53.1 Å². The van der Waals surface area contributed by atoms with Gasteiger partial charge in [0, 0.05) is 23.9 Å². The maximum atomic E-state index is 12.2. The molecule has 2 rings (SSSR count). The molecule has 0 fully saturated rings. The van der Waals surface area contributed by atoms with Crippen LogP contribution in [0.25, 0.3) is 0 Å². The zero-order valence-electron chi connectivity index (χ0n) is 20.5. The first kappa shape index (κ1) is 28.6. The van der Waals surface area contributed by atoms with Gasteiger partial charge in [0.15, 0.2) is 18.1 Å². The minimum absolute atomic E-state index is 0.113. The molecule has 2 aromatic carbocycles. The monoisotopic (exact) mass is 518 g/mol. The maximum Gasteiger partial charge on any atom is 0.329 e. The van der Waals surface area contributed by atoms with Crippen molar-refractivity contribution in [1.82, 2.24) is 10.7 Å². The van der Waals surface area contributed by atoms with Crippen LogP contribution in [0.1, 0.15) is 32.8 Å². The summed E-state index contributed by atoms with van der Waals surface area (Å²) in [5.41, 5.74) is 3.36. The fourth-order valence-electron chi connectivity index (χ4n) is 2.76. The van der Waals surface area contributed by atoms with Crippen LogP contribution in [0, 0.1) is 0 Å². The van der Waals surface area contributed by atoms with Gasteiger partial charge in [0.2, 0.25) is 0 Å². The van der Waals surface area contributed by atoms with E-state index in [1.807, 2.05) is 20.8 Å². The number of nitrogens with zero attached hydrogens (tertiary/aromatic N) is 1. The van der Waals surface area contributed by atoms with Crippen molar-refractivity contribution in [2.75, 3.05) is 31.7 Å². The molecule has 0 saturated carbocycles. The molecule has 0 atom stereocenters. The molecular weight excluding hydrogens is 488 g/mol. The molecule has 2 aromatic rings. The number of carbonyl (C=O) groups excluding carboxylic acids is 3. The van der Waals surface area contributed by atoms with Crippen LogP contribution in [0.4, 0.5) is 5.69 Å². The number of nitrogens with one attached hydrogen (secondary N) is 3. The number of hydrogen-bond donors (Lipinski definition) is 3. The SMILES string of the molecule is CCOc1cc(/C=N\NC(=O)C(=O)NCCCOC(C)C)ccc1OCC(=O)Nc1ccc(Cl)cc1. The van der Waals surface area contributed by atoms with E-state index < -0.39 is 11.8 Å². The second kappa shape index (κ2) is 15.4. The summed E-state index contributed by atoms with van der Waals surface area (Å²) >= 11 is 5.84. The van der Waals surface area contributed by atoms with Crippen molar-refractivity contribution in [3.8, 4) is 11.5 Å². The Labute approximate surface area is 215 Å². The van der Waals surface area contributed by atoms with E-state index >= 15 is 0 Å². The largest absolute Gasteiger partial charge is 0.490 e. The number of carbonyl (C=O) groups is 3. The normalized spacial score (nSPS) is 10.8. The fourth-order valence-corrected chi connectivity index (χ4v) is 2.88. The number of rotatable bonds is 13. The highest BCUT2D eigenvalue weighted by molar-refractivity contribution is 6.35. The van der Waals surface area contributed by atoms with Gasteiger partial charge >= 0.3 is 11.8 Å². The molecule has 0 aliphatic rings. The third kappa shape index (κ3) is 10.7. The molecule has 0 unspecified atom stereocenters. The molecule has 11 heteroatoms. The highest BCUT2D eigenvalue weighted by Crippen LogP contribution is 2.28. The maximum absolute atomic E-state index is 12.2. The number of ether oxygens (including phenoxy) is 3. The summed E-state index contributed by atoms with van der Waals surface area (Å²) in [6.07, 6.45) is 2.07. The quantitative estimate of drug-likeness (QED) is 0.162. The van der Waals surface area contributed by atoms with Crippen molar-refractivity contribution in [1.29, 1.82) is 0 Å². The number of amides is 3. The van der Waals surface area contributed by atoms with Crippen molar-refractivity contribution < 1.29 is 28.6 Å². The predicted molar refractivity (Wildman–Crippen MR) is 138 cm³/mol. The van der Waals surface area contributed by atoms with E-state index in [1.165, 1.54) is 6.21 Å². The smallest absolute Gasteiger partial charge is 0.329 e. The van der Waals surface area contributed by atoms with Crippen LogP contribution >= 0.6 is 11.6 Å². The van der Waals surface area contributed by atoms with E-state index in [1.54, 1.807) is 42.5 Å². The van der Waals surface area contributed by atoms with Crippen LogP contribution in [0.2, 0.25) is 5.02 Å². The summed E-state index contributed by atoms with van der Waals surface area (Å²) in [5, 5.41) is 9.59. The molecule has 0 saturated heterocycles. The number of halogens is 1. The summed E-state index contributed by atoms with van der Waals surface area (Å²) in [5.74, 6) is -1.25. The highest BCUT2D eigenvalue weighted by atomic mass is 35.5. The van der Waals surface area contributed by atoms with Crippen molar-refractivity contribution in [2.24, 2.45) is 5.10 Å². The van der Waals surface area contributed by atoms with E-state index in [0.717, 1.165) is 0 Å². The van der Waals surface area contributed by atoms with Crippen LogP contribution < -0.4 is 25.5 Å². The van der Waals surface area contributed by atoms with E-state index in [9.17, 15) is 14.4 Å². The Hall–Kier alpha value is -3.63. The van der Waals surface area contributed by atoms with Crippen LogP contribution in [0.3, 0.4) is 0 Å². The minimum Gasteiger partial charge on any atom is -0.490 e. The summed E-state index contributed by atoms with van der Waals surface area (Å²) in [7, 11) is 0. The van der Waals surface area contributed by atoms with E-state index in [2.05, 4.69) is 21.2 Å². The van der Waals surface area contributed by atoms with Crippen LogP contribution in [0.5, 0.6) is 11.5 Å². The van der Waals surface area contributed by atoms with Gasteiger partial charge in [-0.25, -0.2) is 5.43 Å². The fraction of sp³-hybridized carbons (Fsp3) is 0.360. The standard InChI is InChI=1S/C25H31ClN4O6/c1-4-34-22-14-18(15-28-30-25(33)24(32)27-12-5-13-35-17(2)3)6-11-21(22)36-16-23(31)29-20-9-7-19(26)8-10-20/h6-11,14-15,17H,4-5,12-13,16H2,1-3H3,(H,27,32)(H,29,31)(H,30,33)/b28-15-. The Morgan fingerprint density at radius 2 is 1.78 bits per heavy atom. The average molecular weight is 519 g/mol. The third-order valence-electron chi connectivity index (χ3n) is 4.40. The first-order chi connectivity index (χ1) is 17.3. The number of anilines is 1. The molecule has 0 radical (unpaired) electrons. The summed E-state index contributed by atoms with van der Waals surface area (Å²) in [6, 6.07) is 11.6. The Morgan fingerprint density at radius 1 is 1.03 bits per heavy atom. The molecular formula is C25H31ClN4O6. The lowest BCUT2D eigenvalue weighted by molar-refractivity contribution is -0.139. The van der Waals surface area contributed by atoms with Gasteiger partial charge in [-0.3, -0.25) is 14.4 Å². The first-order valence-electron chi connectivity index (χ1n) is 11.5. The lowest BCUT2D eigenvalue weighted by atomic mass is 10.2. The van der Waals surface area contributed by atoms with Crippen molar-refractivity contribution in [3.63, 3.8) is 0 Å². The molecule has 36 heavy (non-hydrogen) atoms. The Kier molecular flexibility index (Phi) is 12.2. The van der Waals surface area contributed by atoms with Gasteiger partial charge in [-0.15, -0.1) is 0 Å². The van der Waals surface area contributed by atoms with Crippen LogP contribution in [0.15, 0.2) is 47.6 Å². The van der Waals surface area contributed by atoms with Crippen LogP contribution in [-0.4, -0.2) is 56.4 Å². The van der Waals surface area contributed by atoms with E-state index in [0.29, 0.717) is 54.0 Å². The summed E-state index contributed by atoms with van der Waals surface area (Å²) in [6.45, 7) is 6.60. The molecule has 0 aliphatic heterocycles. The van der Waals surface area contributed by atoms with Gasteiger partial charge in [0.25, 0.3) is 5.91 Å². The topological polar surface area (TPSA) is 127 Å². The lowest BCUT2D eigenvalue weighted by Gasteiger charge is -2.12. The molecule has 194 valence electrons. The molecule has 0 aliphatic carbocycles. The Balaban J connectivity index is 1.85. The zero-order valence-corrected chi connectivity index (χ0v) is 21.3. The molecule has 3 N–H and O–H groups in total. The van der Waals surface area contributed by atoms with E-state index in [-0.39, 0.29) is 18.6 Å². The van der Waals surface area contributed by atoms with Crippen molar-refractivity contribution >= 4 is 41.2 Å². The van der Waals surface area contributed by atoms with Gasteiger partial charge in [-0.1, -0.05) is 11.6 Å². The zero-order chi connectivity index (χ0) is 26.3. The molecule has 0 aromatic heterocycles. The molecule has 10 nitrogen and oxygen atoms in total. The molecule has 0 heterocycles. The second-order valence-electron chi connectivity index (χ2n) is 7.71. The van der Waals surface area contributed by atoms with Gasteiger partial charge in [0.1, 0.15) is 0 Å². The first-order valence-corrected chi connectivity index (χ1v) is 11.8. The van der Waals surface area contributed by atoms with E-state index in [4.69, 9.17) is 25.8 Å². The summed E-state index contributed by atoms with van der Waals surface area (Å²) < 4.78 is 16.6. The minimum atomic E-state index is -0.882. The second-order valence-corrected chi connectivity index (χ2v) is 8.15. The number of benzene rings is 2. The predicted octanol–water partition coefficient (Wildman–Crippen LogP) is 3.14. The number of hydrazone groups is 1. The van der Waals surface area contributed by atoms with Gasteiger partial charge < -0.3 is 24.8 Å². The van der Waals surface area contributed by atoms with Gasteiger partial charge in [-0.05, 0) is 75.2 Å². The van der Waals surface area contributed by atoms with Gasteiger partial charge in [0.05, 0.1) is 18.9 Å².